The van der Waals surface area contributed by atoms with Gasteiger partial charge in [-0.05, 0) is 15.9 Å². The highest BCUT2D eigenvalue weighted by molar-refractivity contribution is 9.10. The number of carbonyl (C=O) groups excluding carboxylic acids is 1. The Balaban J connectivity index is 2.93. The molecule has 0 atom stereocenters. The van der Waals surface area contributed by atoms with Gasteiger partial charge in [0.25, 0.3) is 0 Å². The number of rotatable bonds is 2. The Morgan fingerprint density at radius 3 is 2.55 bits per heavy atom. The van der Waals surface area contributed by atoms with Crippen molar-refractivity contribution >= 4 is 33.0 Å². The van der Waals surface area contributed by atoms with Crippen LogP contribution < -0.4 is 0 Å². The lowest BCUT2D eigenvalue weighted by Crippen LogP contribution is -2.09. The minimum absolute atomic E-state index is 0.0602. The Kier molecular flexibility index (Phi) is 2.72. The van der Waals surface area contributed by atoms with Gasteiger partial charge in [-0.15, -0.1) is 0 Å². The molecule has 1 nitrogen and oxygen atoms in total. The lowest BCUT2D eigenvalue weighted by Gasteiger charge is -1.94. The molecule has 5 heteroatoms. The van der Waals surface area contributed by atoms with Crippen LogP contribution in [0.2, 0.25) is 0 Å². The molecule has 0 bridgehead atoms. The summed E-state index contributed by atoms with van der Waals surface area (Å²) in [6.07, 6.45) is -2.92. The highest BCUT2D eigenvalue weighted by atomic mass is 79.9. The summed E-state index contributed by atoms with van der Waals surface area (Å²) < 4.78 is 24.0. The zero-order chi connectivity index (χ0) is 8.43. The van der Waals surface area contributed by atoms with E-state index in [1.807, 2.05) is 0 Å². The van der Waals surface area contributed by atoms with Crippen LogP contribution in [-0.2, 0) is 0 Å². The largest absolute Gasteiger partial charge is 0.300 e. The van der Waals surface area contributed by atoms with Crippen LogP contribution in [0, 0.1) is 0 Å². The summed E-state index contributed by atoms with van der Waals surface area (Å²) in [5.41, 5.74) is 0.0602. The Morgan fingerprint density at radius 1 is 1.55 bits per heavy atom. The maximum absolute atomic E-state index is 11.8. The van der Waals surface area contributed by atoms with Crippen LogP contribution in [0.5, 0.6) is 0 Å². The molecular weight excluding hydrogens is 238 g/mol. The van der Waals surface area contributed by atoms with E-state index >= 15 is 0 Å². The maximum Gasteiger partial charge on any atom is 0.300 e. The van der Waals surface area contributed by atoms with Gasteiger partial charge in [0.05, 0.1) is 0 Å². The Hall–Kier alpha value is -0.290. The van der Waals surface area contributed by atoms with E-state index in [-0.39, 0.29) is 5.56 Å². The van der Waals surface area contributed by atoms with Crippen LogP contribution in [-0.4, -0.2) is 12.2 Å². The van der Waals surface area contributed by atoms with E-state index in [1.165, 1.54) is 16.7 Å². The van der Waals surface area contributed by atoms with E-state index in [2.05, 4.69) is 15.9 Å². The van der Waals surface area contributed by atoms with Crippen molar-refractivity contribution in [2.24, 2.45) is 0 Å². The van der Waals surface area contributed by atoms with E-state index < -0.39 is 12.2 Å². The second-order valence-corrected chi connectivity index (χ2v) is 3.40. The van der Waals surface area contributed by atoms with Crippen molar-refractivity contribution in [3.8, 4) is 0 Å². The molecule has 1 aromatic rings. The fourth-order valence-corrected chi connectivity index (χ4v) is 2.05. The summed E-state index contributed by atoms with van der Waals surface area (Å²) in [7, 11) is 0. The van der Waals surface area contributed by atoms with Crippen molar-refractivity contribution in [1.82, 2.24) is 0 Å². The number of alkyl halides is 2. The molecule has 11 heavy (non-hydrogen) atoms. The Labute approximate surface area is 74.2 Å². The van der Waals surface area contributed by atoms with E-state index in [4.69, 9.17) is 0 Å². The third kappa shape index (κ3) is 1.84. The smallest absolute Gasteiger partial charge is 0.288 e. The SMILES string of the molecule is O=C(c1cscc1Br)C(F)F. The van der Waals surface area contributed by atoms with Crippen LogP contribution >= 0.6 is 27.3 Å². The van der Waals surface area contributed by atoms with Crippen LogP contribution in [0.3, 0.4) is 0 Å². The van der Waals surface area contributed by atoms with Crippen LogP contribution in [0.25, 0.3) is 0 Å². The maximum atomic E-state index is 11.8. The normalized spacial score (nSPS) is 10.5. The first-order valence-electron chi connectivity index (χ1n) is 2.67. The number of halogens is 3. The first kappa shape index (κ1) is 8.80. The number of thiophene rings is 1. The van der Waals surface area contributed by atoms with Crippen LogP contribution in [0.1, 0.15) is 10.4 Å². The molecule has 0 unspecified atom stereocenters. The molecule has 0 saturated heterocycles. The Morgan fingerprint density at radius 2 is 2.18 bits per heavy atom. The van der Waals surface area contributed by atoms with E-state index in [1.54, 1.807) is 5.38 Å². The van der Waals surface area contributed by atoms with Crippen molar-refractivity contribution in [2.75, 3.05) is 0 Å². The first-order valence-corrected chi connectivity index (χ1v) is 4.40. The summed E-state index contributed by atoms with van der Waals surface area (Å²) in [6, 6.07) is 0. The van der Waals surface area contributed by atoms with Gasteiger partial charge >= 0.3 is 6.43 Å². The number of hydrogen-bond acceptors (Lipinski definition) is 2. The molecule has 0 aliphatic rings. The summed E-state index contributed by atoms with van der Waals surface area (Å²) in [6.45, 7) is 0. The van der Waals surface area contributed by atoms with Gasteiger partial charge in [0.2, 0.25) is 5.78 Å². The zero-order valence-electron chi connectivity index (χ0n) is 5.18. The van der Waals surface area contributed by atoms with Gasteiger partial charge in [-0.2, -0.15) is 11.3 Å². The van der Waals surface area contributed by atoms with Gasteiger partial charge < -0.3 is 0 Å². The quantitative estimate of drug-likeness (QED) is 0.727. The molecule has 0 aromatic carbocycles. The van der Waals surface area contributed by atoms with Gasteiger partial charge in [0.1, 0.15) is 0 Å². The van der Waals surface area contributed by atoms with Gasteiger partial charge in [0, 0.05) is 20.8 Å². The number of Topliss-reactive ketones (excluding diaryl/α,β-unsaturated/α-hetero) is 1. The summed E-state index contributed by atoms with van der Waals surface area (Å²) in [4.78, 5) is 10.7. The van der Waals surface area contributed by atoms with Crippen LogP contribution in [0.15, 0.2) is 15.2 Å². The highest BCUT2D eigenvalue weighted by Crippen LogP contribution is 2.23. The predicted octanol–water partition coefficient (Wildman–Crippen LogP) is 2.96. The van der Waals surface area contributed by atoms with Gasteiger partial charge in [-0.3, -0.25) is 4.79 Å². The predicted molar refractivity (Wildman–Crippen MR) is 42.4 cm³/mol. The van der Waals surface area contributed by atoms with E-state index in [0.717, 1.165) is 0 Å². The molecule has 0 amide bonds. The molecule has 0 radical (unpaired) electrons. The van der Waals surface area contributed by atoms with Gasteiger partial charge in [-0.1, -0.05) is 0 Å². The molecule has 1 heterocycles. The van der Waals surface area contributed by atoms with Crippen molar-refractivity contribution in [2.45, 2.75) is 6.43 Å². The monoisotopic (exact) mass is 240 g/mol. The van der Waals surface area contributed by atoms with Gasteiger partial charge in [0.15, 0.2) is 0 Å². The molecule has 0 spiro atoms. The van der Waals surface area contributed by atoms with Crippen LogP contribution in [0.4, 0.5) is 8.78 Å². The van der Waals surface area contributed by atoms with Crippen molar-refractivity contribution in [3.63, 3.8) is 0 Å². The van der Waals surface area contributed by atoms with E-state index in [0.29, 0.717) is 4.47 Å². The summed E-state index contributed by atoms with van der Waals surface area (Å²) in [5.74, 6) is -1.13. The molecule has 0 saturated carbocycles. The number of carbonyl (C=O) groups is 1. The molecule has 1 rings (SSSR count). The zero-order valence-corrected chi connectivity index (χ0v) is 7.58. The lowest BCUT2D eigenvalue weighted by molar-refractivity contribution is 0.0678. The molecule has 0 N–H and O–H groups in total. The highest BCUT2D eigenvalue weighted by Gasteiger charge is 2.20. The summed E-state index contributed by atoms with van der Waals surface area (Å²) >= 11 is 4.20. The fourth-order valence-electron chi connectivity index (χ4n) is 0.575. The molecule has 1 aromatic heterocycles. The molecule has 0 aliphatic carbocycles. The lowest BCUT2D eigenvalue weighted by atomic mass is 10.2. The molecule has 60 valence electrons. The molecular formula is C6H3BrF2OS. The molecule has 0 fully saturated rings. The number of hydrogen-bond donors (Lipinski definition) is 0. The van der Waals surface area contributed by atoms with Crippen molar-refractivity contribution < 1.29 is 13.6 Å². The van der Waals surface area contributed by atoms with Crippen molar-refractivity contribution in [3.05, 3.63) is 20.8 Å². The number of ketones is 1. The standard InChI is InChI=1S/C6H3BrF2OS/c7-4-2-11-1-3(4)5(10)6(8)9/h1-2,6H. The van der Waals surface area contributed by atoms with E-state index in [9.17, 15) is 13.6 Å². The average molecular weight is 241 g/mol. The van der Waals surface area contributed by atoms with Crippen molar-refractivity contribution in [1.29, 1.82) is 0 Å². The average Bonchev–Trinajstić information content (AvgIpc) is 2.33. The topological polar surface area (TPSA) is 17.1 Å². The fraction of sp³-hybridized carbons (Fsp3) is 0.167. The Bertz CT molecular complexity index is 271. The third-order valence-corrected chi connectivity index (χ3v) is 2.78. The van der Waals surface area contributed by atoms with Gasteiger partial charge in [-0.25, -0.2) is 8.78 Å². The minimum Gasteiger partial charge on any atom is -0.288 e. The summed E-state index contributed by atoms with van der Waals surface area (Å²) in [5, 5.41) is 2.99. The first-order chi connectivity index (χ1) is 5.13. The molecule has 0 aliphatic heterocycles. The second kappa shape index (κ2) is 3.40. The minimum atomic E-state index is -2.92. The third-order valence-electron chi connectivity index (χ3n) is 1.08. The second-order valence-electron chi connectivity index (χ2n) is 1.80.